The Morgan fingerprint density at radius 1 is 0.758 bits per heavy atom. The first-order chi connectivity index (χ1) is 16.2. The summed E-state index contributed by atoms with van der Waals surface area (Å²) in [5.41, 5.74) is 1.13. The van der Waals surface area contributed by atoms with E-state index in [0.717, 1.165) is 11.3 Å². The van der Waals surface area contributed by atoms with E-state index in [1.165, 1.54) is 20.8 Å². The van der Waals surface area contributed by atoms with Gasteiger partial charge < -0.3 is 0 Å². The van der Waals surface area contributed by atoms with Crippen LogP contribution in [0.5, 0.6) is 0 Å². The van der Waals surface area contributed by atoms with Crippen LogP contribution in [-0.2, 0) is 5.88 Å². The number of benzene rings is 4. The first kappa shape index (κ1) is 25.1. The first-order valence-corrected chi connectivity index (χ1v) is 13.7. The molecule has 0 amide bonds. The summed E-state index contributed by atoms with van der Waals surface area (Å²) < 4.78 is 0. The third-order valence-electron chi connectivity index (χ3n) is 4.82. The summed E-state index contributed by atoms with van der Waals surface area (Å²) in [6.45, 7) is 1.93. The Labute approximate surface area is 208 Å². The maximum absolute atomic E-state index is 8.63. The second kappa shape index (κ2) is 13.9. The van der Waals surface area contributed by atoms with Crippen molar-refractivity contribution in [3.8, 4) is 6.07 Å². The van der Waals surface area contributed by atoms with Gasteiger partial charge in [0.1, 0.15) is 0 Å². The molecule has 0 saturated heterocycles. The summed E-state index contributed by atoms with van der Waals surface area (Å²) in [7, 11) is -0.446. The van der Waals surface area contributed by atoms with Crippen LogP contribution in [0.1, 0.15) is 12.5 Å². The van der Waals surface area contributed by atoms with Crippen molar-refractivity contribution in [2.75, 3.05) is 5.75 Å². The molecule has 0 heterocycles. The third kappa shape index (κ3) is 8.06. The molecule has 1 atom stereocenters. The molecule has 1 nitrogen and oxygen atoms in total. The quantitative estimate of drug-likeness (QED) is 0.157. The molecule has 0 aliphatic heterocycles. The lowest BCUT2D eigenvalue weighted by molar-refractivity contribution is 0.864. The van der Waals surface area contributed by atoms with E-state index in [-0.39, 0.29) is 5.92 Å². The van der Waals surface area contributed by atoms with Crippen LogP contribution in [0, 0.1) is 17.2 Å². The minimum absolute atomic E-state index is 0.0969. The summed E-state index contributed by atoms with van der Waals surface area (Å²) >= 11 is 7.43. The fourth-order valence-corrected chi connectivity index (χ4v) is 6.55. The van der Waals surface area contributed by atoms with Crippen molar-refractivity contribution in [3.05, 3.63) is 121 Å². The van der Waals surface area contributed by atoms with Gasteiger partial charge in [-0.3, -0.25) is 0 Å². The topological polar surface area (TPSA) is 23.8 Å². The van der Waals surface area contributed by atoms with Crippen molar-refractivity contribution in [3.63, 3.8) is 0 Å². The number of alkyl halides is 1. The van der Waals surface area contributed by atoms with Gasteiger partial charge in [0.25, 0.3) is 0 Å². The summed E-state index contributed by atoms with van der Waals surface area (Å²) in [6.07, 6.45) is 0. The fraction of sp³-hybridized carbons (Fsp3) is 0.138. The lowest BCUT2D eigenvalue weighted by Crippen LogP contribution is -2.20. The Morgan fingerprint density at radius 3 is 1.67 bits per heavy atom. The largest absolute Gasteiger partial charge is 0.198 e. The minimum Gasteiger partial charge on any atom is -0.198 e. The third-order valence-corrected chi connectivity index (χ3v) is 8.82. The number of thioether (sulfide) groups is 1. The fourth-order valence-electron chi connectivity index (χ4n) is 3.16. The van der Waals surface area contributed by atoms with Gasteiger partial charge in [-0.25, -0.2) is 0 Å². The van der Waals surface area contributed by atoms with Crippen molar-refractivity contribution >= 4 is 47.2 Å². The van der Waals surface area contributed by atoms with Gasteiger partial charge in [-0.2, -0.15) is 5.26 Å². The molecule has 1 unspecified atom stereocenters. The second-order valence-corrected chi connectivity index (χ2v) is 11.0. The standard InChI is InChI=1S/C18H15P.C11H12ClNS/c1-4-10-16(11-5-1)19(17-12-6-2-7-13-17)18-14-8-3-9-15-18;1-9(7-13)8-14-11-4-2-3-10(5-11)6-12/h1-15H;2-5,9H,6,8H2,1H3. The van der Waals surface area contributed by atoms with Crippen LogP contribution >= 0.6 is 31.3 Å². The predicted molar refractivity (Wildman–Crippen MR) is 147 cm³/mol. The molecule has 0 fully saturated rings. The van der Waals surface area contributed by atoms with Crippen LogP contribution in [0.4, 0.5) is 0 Å². The average Bonchev–Trinajstić information content (AvgIpc) is 2.90. The lowest BCUT2D eigenvalue weighted by atomic mass is 10.2. The van der Waals surface area contributed by atoms with E-state index in [1.807, 2.05) is 25.1 Å². The number of hydrogen-bond acceptors (Lipinski definition) is 2. The normalized spacial score (nSPS) is 11.2. The van der Waals surface area contributed by atoms with Crippen molar-refractivity contribution in [2.24, 2.45) is 5.92 Å². The molecule has 0 aliphatic rings. The van der Waals surface area contributed by atoms with E-state index in [2.05, 4.69) is 103 Å². The SMILES string of the molecule is CC(C#N)CSc1cccc(CCl)c1.c1ccc(P(c2ccccc2)c2ccccc2)cc1. The second-order valence-electron chi connectivity index (χ2n) is 7.46. The van der Waals surface area contributed by atoms with Crippen LogP contribution in [0.3, 0.4) is 0 Å². The van der Waals surface area contributed by atoms with Crippen molar-refractivity contribution < 1.29 is 0 Å². The molecule has 4 rings (SSSR count). The molecular formula is C29H27ClNPS. The minimum atomic E-state index is -0.446. The zero-order valence-electron chi connectivity index (χ0n) is 18.6. The summed E-state index contributed by atoms with van der Waals surface area (Å²) in [6, 6.07) is 42.7. The predicted octanol–water partition coefficient (Wildman–Crippen LogP) is 7.12. The van der Waals surface area contributed by atoms with Crippen LogP contribution < -0.4 is 15.9 Å². The number of nitrogens with zero attached hydrogens (tertiary/aromatic N) is 1. The Morgan fingerprint density at radius 2 is 1.24 bits per heavy atom. The van der Waals surface area contributed by atoms with Crippen LogP contribution in [0.25, 0.3) is 0 Å². The highest BCUT2D eigenvalue weighted by Crippen LogP contribution is 2.32. The maximum Gasteiger partial charge on any atom is 0.0661 e. The molecule has 4 heteroatoms. The molecule has 0 aliphatic carbocycles. The van der Waals surface area contributed by atoms with Gasteiger partial charge in [-0.1, -0.05) is 103 Å². The summed E-state index contributed by atoms with van der Waals surface area (Å²) in [5, 5.41) is 12.8. The average molecular weight is 488 g/mol. The van der Waals surface area contributed by atoms with Crippen molar-refractivity contribution in [1.82, 2.24) is 0 Å². The Kier molecular flexibility index (Phi) is 10.5. The van der Waals surface area contributed by atoms with Gasteiger partial charge in [0.2, 0.25) is 0 Å². The molecular weight excluding hydrogens is 461 g/mol. The van der Waals surface area contributed by atoms with E-state index < -0.39 is 7.92 Å². The van der Waals surface area contributed by atoms with Gasteiger partial charge in [0.15, 0.2) is 0 Å². The highest BCUT2D eigenvalue weighted by Gasteiger charge is 2.15. The van der Waals surface area contributed by atoms with E-state index in [9.17, 15) is 0 Å². The lowest BCUT2D eigenvalue weighted by Gasteiger charge is -2.18. The summed E-state index contributed by atoms with van der Waals surface area (Å²) in [5.74, 6) is 1.48. The molecule has 0 N–H and O–H groups in total. The monoisotopic (exact) mass is 487 g/mol. The van der Waals surface area contributed by atoms with E-state index in [0.29, 0.717) is 5.88 Å². The van der Waals surface area contributed by atoms with Gasteiger partial charge in [-0.05, 0) is 48.5 Å². The Balaban J connectivity index is 0.000000196. The van der Waals surface area contributed by atoms with E-state index in [4.69, 9.17) is 16.9 Å². The van der Waals surface area contributed by atoms with E-state index in [1.54, 1.807) is 11.8 Å². The molecule has 0 radical (unpaired) electrons. The van der Waals surface area contributed by atoms with Crippen LogP contribution in [0.15, 0.2) is 120 Å². The van der Waals surface area contributed by atoms with E-state index >= 15 is 0 Å². The molecule has 4 aromatic carbocycles. The maximum atomic E-state index is 8.63. The van der Waals surface area contributed by atoms with Crippen LogP contribution in [0.2, 0.25) is 0 Å². The molecule has 0 spiro atoms. The van der Waals surface area contributed by atoms with Gasteiger partial charge in [-0.15, -0.1) is 23.4 Å². The zero-order valence-corrected chi connectivity index (χ0v) is 21.1. The zero-order chi connectivity index (χ0) is 23.3. The molecule has 166 valence electrons. The van der Waals surface area contributed by atoms with Crippen molar-refractivity contribution in [2.45, 2.75) is 17.7 Å². The van der Waals surface area contributed by atoms with Crippen molar-refractivity contribution in [1.29, 1.82) is 5.26 Å². The number of halogens is 1. The molecule has 0 saturated carbocycles. The van der Waals surface area contributed by atoms with Gasteiger partial charge in [0.05, 0.1) is 12.0 Å². The Bertz CT molecular complexity index is 1040. The molecule has 0 bridgehead atoms. The highest BCUT2D eigenvalue weighted by atomic mass is 35.5. The first-order valence-electron chi connectivity index (χ1n) is 10.8. The molecule has 0 aromatic heterocycles. The molecule has 4 aromatic rings. The van der Waals surface area contributed by atoms with Gasteiger partial charge in [0, 0.05) is 16.5 Å². The smallest absolute Gasteiger partial charge is 0.0661 e. The number of nitriles is 1. The molecule has 33 heavy (non-hydrogen) atoms. The summed E-state index contributed by atoms with van der Waals surface area (Å²) in [4.78, 5) is 1.19. The van der Waals surface area contributed by atoms with Crippen LogP contribution in [-0.4, -0.2) is 5.75 Å². The van der Waals surface area contributed by atoms with Gasteiger partial charge >= 0.3 is 0 Å². The number of hydrogen-bond donors (Lipinski definition) is 0. The highest BCUT2D eigenvalue weighted by molar-refractivity contribution is 7.99. The number of rotatable bonds is 7. The Hall–Kier alpha value is -2.56.